The van der Waals surface area contributed by atoms with E-state index in [0.29, 0.717) is 0 Å². The molecule has 0 amide bonds. The number of morpholine rings is 1. The van der Waals surface area contributed by atoms with Gasteiger partial charge in [-0.05, 0) is 39.2 Å². The molecule has 1 aromatic heterocycles. The number of ether oxygens (including phenoxy) is 1. The van der Waals surface area contributed by atoms with Crippen LogP contribution in [0.25, 0.3) is 0 Å². The maximum atomic E-state index is 5.45. The Kier molecular flexibility index (Phi) is 10.1. The highest BCUT2D eigenvalue weighted by Crippen LogP contribution is 2.21. The first-order chi connectivity index (χ1) is 12.7. The molecule has 1 aliphatic rings. The zero-order chi connectivity index (χ0) is 18.2. The fourth-order valence-corrected chi connectivity index (χ4v) is 4.32. The summed E-state index contributed by atoms with van der Waals surface area (Å²) in [5, 5.41) is 6.80. The Labute approximate surface area is 190 Å². The van der Waals surface area contributed by atoms with E-state index in [1.54, 1.807) is 18.4 Å². The topological polar surface area (TPSA) is 48.9 Å². The van der Waals surface area contributed by atoms with Crippen LogP contribution in [-0.4, -0.2) is 44.2 Å². The maximum absolute atomic E-state index is 5.45. The van der Waals surface area contributed by atoms with E-state index in [1.807, 2.05) is 0 Å². The van der Waals surface area contributed by atoms with Crippen molar-refractivity contribution in [2.75, 3.05) is 33.4 Å². The Morgan fingerprint density at radius 3 is 2.48 bits per heavy atom. The van der Waals surface area contributed by atoms with Crippen LogP contribution < -0.4 is 10.6 Å². The Morgan fingerprint density at radius 2 is 1.81 bits per heavy atom. The Hall–Kier alpha value is -0.680. The number of rotatable bonds is 6. The molecule has 8 heteroatoms. The Morgan fingerprint density at radius 1 is 1.11 bits per heavy atom. The number of hydrogen-bond donors (Lipinski definition) is 2. The molecule has 0 unspecified atom stereocenters. The highest BCUT2D eigenvalue weighted by Gasteiger charge is 2.12. The molecule has 0 bridgehead atoms. The number of guanidine groups is 1. The van der Waals surface area contributed by atoms with Gasteiger partial charge in [0.05, 0.1) is 23.5 Å². The fourth-order valence-electron chi connectivity index (χ4n) is 2.90. The molecule has 3 rings (SSSR count). The van der Waals surface area contributed by atoms with E-state index in [1.165, 1.54) is 16.0 Å². The van der Waals surface area contributed by atoms with Gasteiger partial charge >= 0.3 is 0 Å². The number of nitrogens with one attached hydrogen (secondary N) is 2. The highest BCUT2D eigenvalue weighted by atomic mass is 127. The van der Waals surface area contributed by atoms with Gasteiger partial charge in [0.25, 0.3) is 0 Å². The zero-order valence-electron chi connectivity index (χ0n) is 15.4. The van der Waals surface area contributed by atoms with Crippen LogP contribution >= 0.6 is 51.2 Å². The second kappa shape index (κ2) is 12.0. The lowest BCUT2D eigenvalue weighted by Crippen LogP contribution is -2.37. The quantitative estimate of drug-likeness (QED) is 0.318. The first-order valence-corrected chi connectivity index (χ1v) is 10.4. The van der Waals surface area contributed by atoms with Crippen LogP contribution in [0.5, 0.6) is 0 Å². The molecule has 1 aromatic carbocycles. The van der Waals surface area contributed by atoms with Crippen molar-refractivity contribution in [3.8, 4) is 0 Å². The summed E-state index contributed by atoms with van der Waals surface area (Å²) in [7, 11) is 1.80. The third-order valence-corrected chi connectivity index (χ3v) is 5.97. The normalized spacial score (nSPS) is 15.3. The Balaban J connectivity index is 0.00000261. The molecule has 0 saturated carbocycles. The van der Waals surface area contributed by atoms with E-state index in [0.717, 1.165) is 55.7 Å². The van der Waals surface area contributed by atoms with Crippen molar-refractivity contribution in [3.63, 3.8) is 0 Å². The fraction of sp³-hybridized carbons (Fsp3) is 0.421. The van der Waals surface area contributed by atoms with Crippen LogP contribution in [0.1, 0.15) is 16.0 Å². The summed E-state index contributed by atoms with van der Waals surface area (Å²) in [6, 6.07) is 12.8. The number of hydrogen-bond acceptors (Lipinski definition) is 4. The summed E-state index contributed by atoms with van der Waals surface area (Å²) in [5.74, 6) is 0.815. The summed E-state index contributed by atoms with van der Waals surface area (Å²) in [6.45, 7) is 6.16. The monoisotopic (exact) mass is 564 g/mol. The predicted octanol–water partition coefficient (Wildman–Crippen LogP) is 3.83. The molecular weight excluding hydrogens is 539 g/mol. The molecule has 0 atom stereocenters. The molecule has 5 nitrogen and oxygen atoms in total. The van der Waals surface area contributed by atoms with Gasteiger partial charge in [-0.1, -0.05) is 24.3 Å². The molecular formula is C19H26BrIN4OS. The standard InChI is InChI=1S/C19H25BrN4OS.HI/c1-21-19(23-13-17-6-7-18(20)26-17)22-12-15-4-2-3-5-16(15)14-24-8-10-25-11-9-24;/h2-7H,8-14H2,1H3,(H2,21,22,23);1H. The minimum Gasteiger partial charge on any atom is -0.379 e. The van der Waals surface area contributed by atoms with Crippen molar-refractivity contribution in [2.45, 2.75) is 19.6 Å². The number of nitrogens with zero attached hydrogens (tertiary/aromatic N) is 2. The van der Waals surface area contributed by atoms with Crippen molar-refractivity contribution in [2.24, 2.45) is 4.99 Å². The van der Waals surface area contributed by atoms with E-state index in [4.69, 9.17) is 4.74 Å². The van der Waals surface area contributed by atoms with Crippen molar-refractivity contribution in [1.29, 1.82) is 0 Å². The molecule has 1 fully saturated rings. The molecule has 0 aliphatic carbocycles. The summed E-state index contributed by atoms with van der Waals surface area (Å²) in [6.07, 6.45) is 0. The van der Waals surface area contributed by atoms with Crippen molar-refractivity contribution < 1.29 is 4.74 Å². The van der Waals surface area contributed by atoms with Crippen molar-refractivity contribution in [1.82, 2.24) is 15.5 Å². The average Bonchev–Trinajstić information content (AvgIpc) is 3.09. The van der Waals surface area contributed by atoms with E-state index in [-0.39, 0.29) is 24.0 Å². The maximum Gasteiger partial charge on any atom is 0.191 e. The first kappa shape index (κ1) is 22.6. The van der Waals surface area contributed by atoms with Crippen LogP contribution in [0.4, 0.5) is 0 Å². The largest absolute Gasteiger partial charge is 0.379 e. The number of benzene rings is 1. The minimum absolute atomic E-state index is 0. The van der Waals surface area contributed by atoms with Gasteiger partial charge in [-0.25, -0.2) is 0 Å². The summed E-state index contributed by atoms with van der Waals surface area (Å²) in [5.41, 5.74) is 2.67. The van der Waals surface area contributed by atoms with Gasteiger partial charge in [-0.15, -0.1) is 35.3 Å². The van der Waals surface area contributed by atoms with Gasteiger partial charge in [-0.3, -0.25) is 9.89 Å². The number of halogens is 2. The van der Waals surface area contributed by atoms with Crippen LogP contribution in [0.15, 0.2) is 45.2 Å². The van der Waals surface area contributed by atoms with E-state index in [9.17, 15) is 0 Å². The molecule has 1 saturated heterocycles. The lowest BCUT2D eigenvalue weighted by Gasteiger charge is -2.27. The molecule has 0 radical (unpaired) electrons. The predicted molar refractivity (Wildman–Crippen MR) is 127 cm³/mol. The average molecular weight is 565 g/mol. The minimum atomic E-state index is 0. The van der Waals surface area contributed by atoms with Crippen LogP contribution in [0, 0.1) is 0 Å². The van der Waals surface area contributed by atoms with E-state index in [2.05, 4.69) is 72.9 Å². The lowest BCUT2D eigenvalue weighted by atomic mass is 10.1. The van der Waals surface area contributed by atoms with Crippen molar-refractivity contribution in [3.05, 3.63) is 56.2 Å². The van der Waals surface area contributed by atoms with Gasteiger partial charge in [0.15, 0.2) is 5.96 Å². The second-order valence-electron chi connectivity index (χ2n) is 6.14. The number of thiophene rings is 1. The zero-order valence-corrected chi connectivity index (χ0v) is 20.1. The van der Waals surface area contributed by atoms with Gasteiger partial charge in [-0.2, -0.15) is 0 Å². The highest BCUT2D eigenvalue weighted by molar-refractivity contribution is 14.0. The molecule has 0 spiro atoms. The SMILES string of the molecule is CN=C(NCc1ccc(Br)s1)NCc1ccccc1CN1CCOCC1.I. The summed E-state index contributed by atoms with van der Waals surface area (Å²) in [4.78, 5) is 8.05. The first-order valence-electron chi connectivity index (χ1n) is 8.80. The second-order valence-corrected chi connectivity index (χ2v) is 8.69. The van der Waals surface area contributed by atoms with Crippen LogP contribution in [-0.2, 0) is 24.4 Å². The molecule has 1 aliphatic heterocycles. The van der Waals surface area contributed by atoms with Gasteiger partial charge in [0.2, 0.25) is 0 Å². The summed E-state index contributed by atoms with van der Waals surface area (Å²) < 4.78 is 6.59. The third-order valence-electron chi connectivity index (χ3n) is 4.34. The lowest BCUT2D eigenvalue weighted by molar-refractivity contribution is 0.0341. The Bertz CT molecular complexity index is 734. The molecule has 2 N–H and O–H groups in total. The van der Waals surface area contributed by atoms with Crippen molar-refractivity contribution >= 4 is 57.2 Å². The van der Waals surface area contributed by atoms with Gasteiger partial charge in [0, 0.05) is 38.1 Å². The van der Waals surface area contributed by atoms with Gasteiger partial charge < -0.3 is 15.4 Å². The van der Waals surface area contributed by atoms with Crippen LogP contribution in [0.2, 0.25) is 0 Å². The number of aliphatic imine (C=N–C) groups is 1. The van der Waals surface area contributed by atoms with E-state index >= 15 is 0 Å². The van der Waals surface area contributed by atoms with E-state index < -0.39 is 0 Å². The molecule has 2 heterocycles. The van der Waals surface area contributed by atoms with Crippen LogP contribution in [0.3, 0.4) is 0 Å². The molecule has 27 heavy (non-hydrogen) atoms. The smallest absolute Gasteiger partial charge is 0.191 e. The summed E-state index contributed by atoms with van der Waals surface area (Å²) >= 11 is 5.23. The molecule has 148 valence electrons. The third kappa shape index (κ3) is 7.34. The molecule has 2 aromatic rings. The van der Waals surface area contributed by atoms with Gasteiger partial charge in [0.1, 0.15) is 0 Å².